The van der Waals surface area contributed by atoms with Gasteiger partial charge in [0, 0.05) is 38.5 Å². The predicted octanol–water partition coefficient (Wildman–Crippen LogP) is 5.51. The summed E-state index contributed by atoms with van der Waals surface area (Å²) < 4.78 is 46.1. The van der Waals surface area contributed by atoms with Crippen molar-refractivity contribution >= 4 is 24.2 Å². The van der Waals surface area contributed by atoms with Crippen molar-refractivity contribution in [1.82, 2.24) is 19.7 Å². The fourth-order valence-corrected chi connectivity index (χ4v) is 6.41. The Balaban J connectivity index is 0.00000274. The van der Waals surface area contributed by atoms with Gasteiger partial charge in [0.1, 0.15) is 5.82 Å². The molecule has 2 aliphatic heterocycles. The van der Waals surface area contributed by atoms with Crippen LogP contribution in [0.4, 0.5) is 13.2 Å². The van der Waals surface area contributed by atoms with Gasteiger partial charge in [0.2, 0.25) is 0 Å². The molecule has 0 unspecified atom stereocenters. The highest BCUT2D eigenvalue weighted by Gasteiger charge is 2.57. The van der Waals surface area contributed by atoms with Gasteiger partial charge < -0.3 is 14.2 Å². The standard InChI is InChI=1S/C24H31F3N4OS.ClH/c1-30-21(18-7-12-32-13-8-18)28-29-22(30)33-14-2-10-31-11-9-23(16-31)15-20(23)17-3-5-19(6-4-17)24(25,26)27;/h3-6,18,20H,2,7-16H2,1H3;1H/t20-,23+;/m1./s1. The van der Waals surface area contributed by atoms with E-state index >= 15 is 0 Å². The molecular weight excluding hydrogens is 485 g/mol. The van der Waals surface area contributed by atoms with Crippen LogP contribution < -0.4 is 0 Å². The van der Waals surface area contributed by atoms with Gasteiger partial charge in [-0.1, -0.05) is 23.9 Å². The number of hydrogen-bond acceptors (Lipinski definition) is 5. The summed E-state index contributed by atoms with van der Waals surface area (Å²) in [4.78, 5) is 2.52. The number of nitrogens with zero attached hydrogens (tertiary/aromatic N) is 4. The average molecular weight is 517 g/mol. The van der Waals surface area contributed by atoms with Gasteiger partial charge in [-0.25, -0.2) is 0 Å². The fraction of sp³-hybridized carbons (Fsp3) is 0.667. The first-order valence-corrected chi connectivity index (χ1v) is 12.8. The first-order valence-electron chi connectivity index (χ1n) is 11.9. The zero-order chi connectivity index (χ0) is 23.1. The van der Waals surface area contributed by atoms with Crippen molar-refractivity contribution in [2.75, 3.05) is 38.6 Å². The van der Waals surface area contributed by atoms with Crippen LogP contribution >= 0.6 is 24.2 Å². The van der Waals surface area contributed by atoms with Gasteiger partial charge in [-0.3, -0.25) is 0 Å². The molecule has 34 heavy (non-hydrogen) atoms. The van der Waals surface area contributed by atoms with Crippen molar-refractivity contribution in [3.63, 3.8) is 0 Å². The third-order valence-corrected chi connectivity index (χ3v) is 8.71. The summed E-state index contributed by atoms with van der Waals surface area (Å²) in [6.07, 6.45) is 1.09. The zero-order valence-electron chi connectivity index (χ0n) is 19.4. The van der Waals surface area contributed by atoms with E-state index in [0.29, 0.717) is 11.8 Å². The zero-order valence-corrected chi connectivity index (χ0v) is 21.0. The Morgan fingerprint density at radius 1 is 1.15 bits per heavy atom. The van der Waals surface area contributed by atoms with Crippen molar-refractivity contribution in [2.45, 2.75) is 55.3 Å². The van der Waals surface area contributed by atoms with Gasteiger partial charge in [0.05, 0.1) is 5.56 Å². The van der Waals surface area contributed by atoms with Gasteiger partial charge in [-0.05, 0) is 74.2 Å². The normalized spacial score (nSPS) is 25.6. The SMILES string of the molecule is Cl.Cn1c(SCCCN2CC[C@]3(C[C@@H]3c3ccc(C(F)(F)F)cc3)C2)nnc1C1CCOCC1. The highest BCUT2D eigenvalue weighted by molar-refractivity contribution is 7.99. The number of ether oxygens (including phenoxy) is 1. The highest BCUT2D eigenvalue weighted by Crippen LogP contribution is 2.64. The van der Waals surface area contributed by atoms with E-state index in [4.69, 9.17) is 4.74 Å². The molecule has 1 aliphatic carbocycles. The number of hydrogen-bond donors (Lipinski definition) is 0. The number of halogens is 4. The van der Waals surface area contributed by atoms with E-state index in [1.807, 2.05) is 0 Å². The second-order valence-electron chi connectivity index (χ2n) is 9.75. The Bertz CT molecular complexity index is 964. The summed E-state index contributed by atoms with van der Waals surface area (Å²) >= 11 is 1.77. The van der Waals surface area contributed by atoms with Gasteiger partial charge in [-0.2, -0.15) is 13.2 Å². The van der Waals surface area contributed by atoms with E-state index in [0.717, 1.165) is 87.2 Å². The summed E-state index contributed by atoms with van der Waals surface area (Å²) in [6.45, 7) is 4.80. The Hall–Kier alpha value is -1.29. The molecule has 0 bridgehead atoms. The molecule has 1 spiro atoms. The molecule has 1 saturated carbocycles. The van der Waals surface area contributed by atoms with Gasteiger partial charge in [0.15, 0.2) is 5.16 Å². The Morgan fingerprint density at radius 2 is 1.88 bits per heavy atom. The molecule has 3 heterocycles. The molecule has 0 amide bonds. The lowest BCUT2D eigenvalue weighted by Crippen LogP contribution is -2.23. The maximum absolute atomic E-state index is 12.8. The van der Waals surface area contributed by atoms with Gasteiger partial charge >= 0.3 is 6.18 Å². The molecule has 1 aromatic heterocycles. The highest BCUT2D eigenvalue weighted by atomic mass is 35.5. The average Bonchev–Trinajstić information content (AvgIpc) is 3.15. The second-order valence-corrected chi connectivity index (χ2v) is 10.8. The number of aromatic nitrogens is 3. The van der Waals surface area contributed by atoms with E-state index in [2.05, 4.69) is 26.7 Å². The third kappa shape index (κ3) is 5.42. The van der Waals surface area contributed by atoms with E-state index in [9.17, 15) is 13.2 Å². The monoisotopic (exact) mass is 516 g/mol. The maximum atomic E-state index is 12.8. The third-order valence-electron chi connectivity index (χ3n) is 7.60. The molecule has 2 aromatic rings. The lowest BCUT2D eigenvalue weighted by Gasteiger charge is -2.21. The summed E-state index contributed by atoms with van der Waals surface area (Å²) in [7, 11) is 2.06. The van der Waals surface area contributed by atoms with Crippen molar-refractivity contribution in [2.24, 2.45) is 12.5 Å². The lowest BCUT2D eigenvalue weighted by molar-refractivity contribution is -0.137. The fourth-order valence-electron chi connectivity index (χ4n) is 5.56. The predicted molar refractivity (Wildman–Crippen MR) is 129 cm³/mol. The van der Waals surface area contributed by atoms with Crippen molar-refractivity contribution in [3.05, 3.63) is 41.2 Å². The molecule has 0 radical (unpaired) electrons. The van der Waals surface area contributed by atoms with Crippen LogP contribution in [0, 0.1) is 5.41 Å². The first-order chi connectivity index (χ1) is 15.9. The maximum Gasteiger partial charge on any atom is 0.416 e. The first kappa shape index (κ1) is 25.8. The lowest BCUT2D eigenvalue weighted by atomic mass is 9.97. The summed E-state index contributed by atoms with van der Waals surface area (Å²) in [5.41, 5.74) is 0.770. The van der Waals surface area contributed by atoms with Crippen molar-refractivity contribution in [3.8, 4) is 0 Å². The van der Waals surface area contributed by atoms with Crippen molar-refractivity contribution < 1.29 is 17.9 Å². The molecule has 1 aromatic carbocycles. The number of thioether (sulfide) groups is 1. The van der Waals surface area contributed by atoms with Crippen LogP contribution in [0.15, 0.2) is 29.4 Å². The molecule has 2 atom stereocenters. The smallest absolute Gasteiger partial charge is 0.381 e. The number of likely N-dealkylation sites (tertiary alicyclic amines) is 1. The Labute approximate surface area is 209 Å². The molecule has 5 nitrogen and oxygen atoms in total. The molecule has 188 valence electrons. The van der Waals surface area contributed by atoms with E-state index in [1.54, 1.807) is 23.9 Å². The Kier molecular flexibility index (Phi) is 7.86. The van der Waals surface area contributed by atoms with Crippen LogP contribution in [0.1, 0.15) is 60.9 Å². The number of alkyl halides is 3. The summed E-state index contributed by atoms with van der Waals surface area (Å²) in [6, 6.07) is 5.81. The quantitative estimate of drug-likeness (QED) is 0.358. The number of benzene rings is 1. The van der Waals surface area contributed by atoms with E-state index < -0.39 is 11.7 Å². The molecule has 3 fully saturated rings. The van der Waals surface area contributed by atoms with Gasteiger partial charge in [0.25, 0.3) is 0 Å². The number of rotatable bonds is 7. The van der Waals surface area contributed by atoms with Crippen LogP contribution in [0.3, 0.4) is 0 Å². The molecule has 10 heteroatoms. The van der Waals surface area contributed by atoms with Gasteiger partial charge in [-0.15, -0.1) is 22.6 Å². The van der Waals surface area contributed by atoms with Crippen LogP contribution in [0.2, 0.25) is 0 Å². The largest absolute Gasteiger partial charge is 0.416 e. The van der Waals surface area contributed by atoms with Crippen LogP contribution in [0.5, 0.6) is 0 Å². The van der Waals surface area contributed by atoms with Crippen LogP contribution in [-0.2, 0) is 18.0 Å². The molecule has 5 rings (SSSR count). The minimum atomic E-state index is -4.26. The van der Waals surface area contributed by atoms with E-state index in [1.165, 1.54) is 12.1 Å². The van der Waals surface area contributed by atoms with Crippen molar-refractivity contribution in [1.29, 1.82) is 0 Å². The minimum Gasteiger partial charge on any atom is -0.381 e. The molecule has 3 aliphatic rings. The Morgan fingerprint density at radius 3 is 2.59 bits per heavy atom. The van der Waals surface area contributed by atoms with E-state index in [-0.39, 0.29) is 17.8 Å². The molecular formula is C24H32ClF3N4OS. The second kappa shape index (κ2) is 10.4. The molecule has 0 N–H and O–H groups in total. The summed E-state index contributed by atoms with van der Waals surface area (Å²) in [5, 5.41) is 9.84. The molecule has 2 saturated heterocycles. The summed E-state index contributed by atoms with van der Waals surface area (Å²) in [5.74, 6) is 2.93. The van der Waals surface area contributed by atoms with Crippen LogP contribution in [-0.4, -0.2) is 58.3 Å². The topological polar surface area (TPSA) is 43.2 Å². The van der Waals surface area contributed by atoms with Crippen LogP contribution in [0.25, 0.3) is 0 Å². The minimum absolute atomic E-state index is 0.